The normalized spacial score (nSPS) is 11.6. The summed E-state index contributed by atoms with van der Waals surface area (Å²) in [5.74, 6) is -1.12. The van der Waals surface area contributed by atoms with Gasteiger partial charge < -0.3 is 31.6 Å². The lowest BCUT2D eigenvalue weighted by Crippen LogP contribution is -2.42. The van der Waals surface area contributed by atoms with Crippen LogP contribution in [0, 0.1) is 0 Å². The van der Waals surface area contributed by atoms with E-state index in [1.807, 2.05) is 0 Å². The Morgan fingerprint density at radius 2 is 1.72 bits per heavy atom. The van der Waals surface area contributed by atoms with Gasteiger partial charge in [0.05, 0.1) is 18.6 Å². The van der Waals surface area contributed by atoms with Gasteiger partial charge in [-0.25, -0.2) is 9.78 Å². The highest BCUT2D eigenvalue weighted by atomic mass is 16.5. The third-order valence-electron chi connectivity index (χ3n) is 5.92. The average Bonchev–Trinajstić information content (AvgIpc) is 2.90. The quantitative estimate of drug-likeness (QED) is 0.235. The molecule has 208 valence electrons. The van der Waals surface area contributed by atoms with Gasteiger partial charge >= 0.3 is 11.9 Å². The number of pyridine rings is 1. The molecular weight excluding hydrogens is 502 g/mol. The van der Waals surface area contributed by atoms with E-state index in [1.165, 1.54) is 0 Å². The van der Waals surface area contributed by atoms with Crippen LogP contribution in [0.3, 0.4) is 0 Å². The minimum atomic E-state index is -0.969. The van der Waals surface area contributed by atoms with Crippen molar-refractivity contribution in [2.45, 2.75) is 59.0 Å². The Bertz CT molecular complexity index is 1310. The number of rotatable bonds is 13. The highest BCUT2D eigenvalue weighted by Crippen LogP contribution is 2.26. The maximum Gasteiger partial charge on any atom is 0.328 e. The van der Waals surface area contributed by atoms with E-state index in [-0.39, 0.29) is 32.0 Å². The standard InChI is InChI=1S/C27H35N7O5/c1-4-7-19-17(15-31-24-22(19)23(28)33-27(29)34-24)14-30-18-10-8-16(9-11-18)25(36)32-20(26(37)39-6-3)12-13-21(35)38-5-2/h8-11,15,20,30H,4-7,12-14H2,1-3H3,(H,32,36)(H4,28,29,31,33,34)/t20-/m0/s1. The Labute approximate surface area is 226 Å². The zero-order valence-corrected chi connectivity index (χ0v) is 22.5. The van der Waals surface area contributed by atoms with E-state index >= 15 is 0 Å². The number of anilines is 3. The highest BCUT2D eigenvalue weighted by Gasteiger charge is 2.24. The molecule has 0 aliphatic rings. The summed E-state index contributed by atoms with van der Waals surface area (Å²) in [6.07, 6.45) is 3.47. The van der Waals surface area contributed by atoms with Crippen molar-refractivity contribution in [3.8, 4) is 0 Å². The molecule has 0 fully saturated rings. The SMILES string of the molecule is CCCc1c(CNc2ccc(C(=O)N[C@@H](CCC(=O)OCC)C(=O)OCC)cc2)cnc2nc(N)nc(N)c12. The van der Waals surface area contributed by atoms with Crippen LogP contribution in [0.25, 0.3) is 11.0 Å². The zero-order valence-electron chi connectivity index (χ0n) is 22.5. The van der Waals surface area contributed by atoms with Crippen molar-refractivity contribution in [1.82, 2.24) is 20.3 Å². The summed E-state index contributed by atoms with van der Waals surface area (Å²) >= 11 is 0. The van der Waals surface area contributed by atoms with E-state index in [0.29, 0.717) is 29.0 Å². The lowest BCUT2D eigenvalue weighted by atomic mass is 10.0. The van der Waals surface area contributed by atoms with Crippen molar-refractivity contribution in [1.29, 1.82) is 0 Å². The number of benzene rings is 1. The van der Waals surface area contributed by atoms with Gasteiger partial charge in [0.1, 0.15) is 11.9 Å². The molecule has 6 N–H and O–H groups in total. The number of nitrogen functional groups attached to an aromatic ring is 2. The summed E-state index contributed by atoms with van der Waals surface area (Å²) < 4.78 is 9.96. The molecule has 39 heavy (non-hydrogen) atoms. The molecule has 0 spiro atoms. The Morgan fingerprint density at radius 1 is 1.00 bits per heavy atom. The molecule has 12 heteroatoms. The molecule has 2 aromatic heterocycles. The fraction of sp³-hybridized carbons (Fsp3) is 0.407. The number of nitrogens with two attached hydrogens (primary N) is 2. The molecule has 12 nitrogen and oxygen atoms in total. The van der Waals surface area contributed by atoms with Crippen LogP contribution in [0.5, 0.6) is 0 Å². The summed E-state index contributed by atoms with van der Waals surface area (Å²) in [4.78, 5) is 49.6. The molecule has 0 aliphatic heterocycles. The number of carbonyl (C=O) groups excluding carboxylic acids is 3. The number of nitrogens with zero attached hydrogens (tertiary/aromatic N) is 3. The molecule has 0 aliphatic carbocycles. The van der Waals surface area contributed by atoms with Crippen LogP contribution in [-0.2, 0) is 32.0 Å². The van der Waals surface area contributed by atoms with Gasteiger partial charge in [-0.2, -0.15) is 9.97 Å². The third-order valence-corrected chi connectivity index (χ3v) is 5.92. The first-order chi connectivity index (χ1) is 18.8. The van der Waals surface area contributed by atoms with Gasteiger partial charge in [0.2, 0.25) is 5.95 Å². The average molecular weight is 538 g/mol. The fourth-order valence-electron chi connectivity index (χ4n) is 4.10. The number of aromatic nitrogens is 3. The van der Waals surface area contributed by atoms with Crippen molar-refractivity contribution >= 4 is 46.3 Å². The maximum absolute atomic E-state index is 12.8. The molecule has 3 aromatic rings. The van der Waals surface area contributed by atoms with E-state index in [9.17, 15) is 14.4 Å². The number of nitrogens with one attached hydrogen (secondary N) is 2. The summed E-state index contributed by atoms with van der Waals surface area (Å²) in [7, 11) is 0. The second-order valence-corrected chi connectivity index (χ2v) is 8.73. The smallest absolute Gasteiger partial charge is 0.328 e. The lowest BCUT2D eigenvalue weighted by molar-refractivity contribution is -0.146. The number of fused-ring (bicyclic) bond motifs is 1. The monoisotopic (exact) mass is 537 g/mol. The van der Waals surface area contributed by atoms with Crippen molar-refractivity contribution in [2.24, 2.45) is 0 Å². The van der Waals surface area contributed by atoms with Crippen molar-refractivity contribution in [2.75, 3.05) is 30.0 Å². The van der Waals surface area contributed by atoms with Crippen LogP contribution in [-0.4, -0.2) is 52.1 Å². The van der Waals surface area contributed by atoms with Gasteiger partial charge in [-0.15, -0.1) is 0 Å². The molecule has 0 radical (unpaired) electrons. The van der Waals surface area contributed by atoms with Crippen LogP contribution < -0.4 is 22.1 Å². The topological polar surface area (TPSA) is 184 Å². The first-order valence-electron chi connectivity index (χ1n) is 12.9. The molecule has 0 saturated carbocycles. The first kappa shape index (κ1) is 29.1. The molecule has 1 amide bonds. The largest absolute Gasteiger partial charge is 0.466 e. The lowest BCUT2D eigenvalue weighted by Gasteiger charge is -2.17. The number of hydrogen-bond donors (Lipinski definition) is 4. The minimum Gasteiger partial charge on any atom is -0.466 e. The number of ether oxygens (including phenoxy) is 2. The molecule has 0 bridgehead atoms. The van der Waals surface area contributed by atoms with E-state index in [0.717, 1.165) is 29.7 Å². The van der Waals surface area contributed by atoms with Crippen LogP contribution in [0.1, 0.15) is 61.5 Å². The van der Waals surface area contributed by atoms with E-state index in [1.54, 1.807) is 44.3 Å². The molecule has 1 atom stereocenters. The second kappa shape index (κ2) is 13.9. The Kier molecular flexibility index (Phi) is 10.4. The molecule has 1 aromatic carbocycles. The summed E-state index contributed by atoms with van der Waals surface area (Å²) in [6, 6.07) is 5.85. The summed E-state index contributed by atoms with van der Waals surface area (Å²) in [6.45, 7) is 6.31. The summed E-state index contributed by atoms with van der Waals surface area (Å²) in [5, 5.41) is 6.70. The summed E-state index contributed by atoms with van der Waals surface area (Å²) in [5.41, 5.74) is 15.4. The van der Waals surface area contributed by atoms with Crippen molar-refractivity contribution < 1.29 is 23.9 Å². The Balaban J connectivity index is 1.69. The minimum absolute atomic E-state index is 0.0186. The number of hydrogen-bond acceptors (Lipinski definition) is 11. The van der Waals surface area contributed by atoms with Gasteiger partial charge in [0, 0.05) is 30.4 Å². The molecule has 0 saturated heterocycles. The molecular formula is C27H35N7O5. The number of amides is 1. The van der Waals surface area contributed by atoms with Gasteiger partial charge in [-0.1, -0.05) is 13.3 Å². The fourth-order valence-corrected chi connectivity index (χ4v) is 4.10. The Morgan fingerprint density at radius 3 is 2.38 bits per heavy atom. The van der Waals surface area contributed by atoms with Gasteiger partial charge in [-0.3, -0.25) is 9.59 Å². The first-order valence-corrected chi connectivity index (χ1v) is 12.9. The van der Waals surface area contributed by atoms with Crippen LogP contribution in [0.4, 0.5) is 17.5 Å². The van der Waals surface area contributed by atoms with E-state index in [2.05, 4.69) is 32.5 Å². The van der Waals surface area contributed by atoms with Crippen molar-refractivity contribution in [3.05, 3.63) is 47.2 Å². The number of carbonyl (C=O) groups is 3. The van der Waals surface area contributed by atoms with Crippen molar-refractivity contribution in [3.63, 3.8) is 0 Å². The third kappa shape index (κ3) is 7.76. The van der Waals surface area contributed by atoms with Crippen LogP contribution in [0.15, 0.2) is 30.5 Å². The Hall–Kier alpha value is -4.48. The predicted molar refractivity (Wildman–Crippen MR) is 148 cm³/mol. The van der Waals surface area contributed by atoms with Gasteiger partial charge in [0.25, 0.3) is 5.91 Å². The van der Waals surface area contributed by atoms with Crippen LogP contribution in [0.2, 0.25) is 0 Å². The number of aryl methyl sites for hydroxylation is 1. The van der Waals surface area contributed by atoms with Crippen LogP contribution >= 0.6 is 0 Å². The number of esters is 2. The van der Waals surface area contributed by atoms with E-state index < -0.39 is 23.9 Å². The predicted octanol–water partition coefficient (Wildman–Crippen LogP) is 2.76. The highest BCUT2D eigenvalue weighted by molar-refractivity contribution is 5.97. The zero-order chi connectivity index (χ0) is 28.4. The molecule has 2 heterocycles. The maximum atomic E-state index is 12.8. The molecule has 3 rings (SSSR count). The van der Waals surface area contributed by atoms with Gasteiger partial charge in [0.15, 0.2) is 5.65 Å². The second-order valence-electron chi connectivity index (χ2n) is 8.73. The van der Waals surface area contributed by atoms with E-state index in [4.69, 9.17) is 20.9 Å². The molecule has 0 unspecified atom stereocenters. The van der Waals surface area contributed by atoms with Gasteiger partial charge in [-0.05, 0) is 62.1 Å².